The maximum absolute atomic E-state index is 10.7. The van der Waals surface area contributed by atoms with Crippen molar-refractivity contribution in [2.75, 3.05) is 13.6 Å². The molecule has 0 fully saturated rings. The molecule has 0 aromatic rings. The smallest absolute Gasteiger partial charge is 0.320 e. The molecule has 0 rings (SSSR count). The second-order valence-electron chi connectivity index (χ2n) is 3.23. The summed E-state index contributed by atoms with van der Waals surface area (Å²) in [5.41, 5.74) is 0. The van der Waals surface area contributed by atoms with E-state index in [4.69, 9.17) is 10.4 Å². The van der Waals surface area contributed by atoms with Gasteiger partial charge in [-0.25, -0.2) is 0 Å². The first-order valence-corrected chi connectivity index (χ1v) is 4.35. The SMILES string of the molecule is CCC(C(=O)O)N(C)CC(C)C#N. The lowest BCUT2D eigenvalue weighted by molar-refractivity contribution is -0.143. The number of carboxylic acid groups (broad SMARTS) is 1. The van der Waals surface area contributed by atoms with Crippen LogP contribution in [-0.4, -0.2) is 35.6 Å². The Kier molecular flexibility index (Phi) is 5.09. The zero-order chi connectivity index (χ0) is 10.4. The zero-order valence-corrected chi connectivity index (χ0v) is 8.32. The van der Waals surface area contributed by atoms with Gasteiger partial charge in [-0.1, -0.05) is 6.92 Å². The molecule has 13 heavy (non-hydrogen) atoms. The molecule has 1 N–H and O–H groups in total. The lowest BCUT2D eigenvalue weighted by atomic mass is 10.1. The molecule has 0 aromatic heterocycles. The Bertz CT molecular complexity index is 210. The Labute approximate surface area is 78.8 Å². The fourth-order valence-electron chi connectivity index (χ4n) is 1.27. The number of aliphatic carboxylic acids is 1. The van der Waals surface area contributed by atoms with Crippen LogP contribution in [-0.2, 0) is 4.79 Å². The molecule has 0 amide bonds. The van der Waals surface area contributed by atoms with Gasteiger partial charge in [0.05, 0.1) is 12.0 Å². The molecule has 0 spiro atoms. The van der Waals surface area contributed by atoms with E-state index in [1.807, 2.05) is 6.92 Å². The normalized spacial score (nSPS) is 15.0. The van der Waals surface area contributed by atoms with Gasteiger partial charge in [0.2, 0.25) is 0 Å². The predicted octanol–water partition coefficient (Wildman–Crippen LogP) is 0.941. The quantitative estimate of drug-likeness (QED) is 0.690. The summed E-state index contributed by atoms with van der Waals surface area (Å²) in [5.74, 6) is -0.950. The number of rotatable bonds is 5. The summed E-state index contributed by atoms with van der Waals surface area (Å²) in [6, 6.07) is 1.60. The maximum atomic E-state index is 10.7. The Hall–Kier alpha value is -1.08. The van der Waals surface area contributed by atoms with Crippen molar-refractivity contribution in [1.29, 1.82) is 5.26 Å². The molecule has 0 bridgehead atoms. The Morgan fingerprint density at radius 3 is 2.54 bits per heavy atom. The predicted molar refractivity (Wildman–Crippen MR) is 49.1 cm³/mol. The molecule has 0 aliphatic carbocycles. The summed E-state index contributed by atoms with van der Waals surface area (Å²) in [5, 5.41) is 17.4. The summed E-state index contributed by atoms with van der Waals surface area (Å²) in [6.07, 6.45) is 0.560. The van der Waals surface area contributed by atoms with Crippen molar-refractivity contribution in [3.63, 3.8) is 0 Å². The number of carbonyl (C=O) groups is 1. The Morgan fingerprint density at radius 1 is 1.69 bits per heavy atom. The number of likely N-dealkylation sites (N-methyl/N-ethyl adjacent to an activating group) is 1. The van der Waals surface area contributed by atoms with E-state index in [1.54, 1.807) is 18.9 Å². The molecule has 0 saturated heterocycles. The van der Waals surface area contributed by atoms with E-state index in [-0.39, 0.29) is 5.92 Å². The average molecular weight is 184 g/mol. The highest BCUT2D eigenvalue weighted by Crippen LogP contribution is 2.05. The van der Waals surface area contributed by atoms with E-state index in [0.717, 1.165) is 0 Å². The highest BCUT2D eigenvalue weighted by molar-refractivity contribution is 5.73. The topological polar surface area (TPSA) is 64.3 Å². The Morgan fingerprint density at radius 2 is 2.23 bits per heavy atom. The van der Waals surface area contributed by atoms with Crippen molar-refractivity contribution in [3.05, 3.63) is 0 Å². The summed E-state index contributed by atoms with van der Waals surface area (Å²) < 4.78 is 0. The number of carboxylic acids is 1. The fraction of sp³-hybridized carbons (Fsp3) is 0.778. The van der Waals surface area contributed by atoms with Crippen LogP contribution >= 0.6 is 0 Å². The van der Waals surface area contributed by atoms with Crippen molar-refractivity contribution in [3.8, 4) is 6.07 Å². The molecule has 2 atom stereocenters. The van der Waals surface area contributed by atoms with Gasteiger partial charge in [-0.3, -0.25) is 9.69 Å². The molecule has 74 valence electrons. The van der Waals surface area contributed by atoms with Crippen LogP contribution in [0, 0.1) is 17.2 Å². The van der Waals surface area contributed by atoms with E-state index in [2.05, 4.69) is 6.07 Å². The molecule has 0 radical (unpaired) electrons. The van der Waals surface area contributed by atoms with Gasteiger partial charge in [-0.2, -0.15) is 5.26 Å². The van der Waals surface area contributed by atoms with Crippen molar-refractivity contribution in [2.24, 2.45) is 5.92 Å². The van der Waals surface area contributed by atoms with Crippen molar-refractivity contribution in [1.82, 2.24) is 4.90 Å². The molecule has 4 heteroatoms. The first kappa shape index (κ1) is 11.9. The monoisotopic (exact) mass is 184 g/mol. The van der Waals surface area contributed by atoms with E-state index in [1.165, 1.54) is 0 Å². The van der Waals surface area contributed by atoms with Gasteiger partial charge in [0.25, 0.3) is 0 Å². The minimum absolute atomic E-state index is 0.126. The molecule has 0 aliphatic heterocycles. The first-order valence-electron chi connectivity index (χ1n) is 4.35. The van der Waals surface area contributed by atoms with Crippen molar-refractivity contribution < 1.29 is 9.90 Å². The van der Waals surface area contributed by atoms with Crippen LogP contribution < -0.4 is 0 Å². The number of hydrogen-bond donors (Lipinski definition) is 1. The minimum Gasteiger partial charge on any atom is -0.480 e. The number of nitriles is 1. The highest BCUT2D eigenvalue weighted by atomic mass is 16.4. The van der Waals surface area contributed by atoms with E-state index in [9.17, 15) is 4.79 Å². The highest BCUT2D eigenvalue weighted by Gasteiger charge is 2.21. The van der Waals surface area contributed by atoms with E-state index < -0.39 is 12.0 Å². The van der Waals surface area contributed by atoms with Gasteiger partial charge in [0.15, 0.2) is 0 Å². The van der Waals surface area contributed by atoms with Gasteiger partial charge in [-0.05, 0) is 20.4 Å². The van der Waals surface area contributed by atoms with Crippen LogP contribution in [0.15, 0.2) is 0 Å². The van der Waals surface area contributed by atoms with Gasteiger partial charge < -0.3 is 5.11 Å². The van der Waals surface area contributed by atoms with E-state index >= 15 is 0 Å². The van der Waals surface area contributed by atoms with Gasteiger partial charge in [0.1, 0.15) is 6.04 Å². The first-order chi connectivity index (χ1) is 6.02. The third kappa shape index (κ3) is 3.90. The largest absolute Gasteiger partial charge is 0.480 e. The summed E-state index contributed by atoms with van der Waals surface area (Å²) in [7, 11) is 1.73. The van der Waals surface area contributed by atoms with Crippen LogP contribution in [0.5, 0.6) is 0 Å². The van der Waals surface area contributed by atoms with Gasteiger partial charge >= 0.3 is 5.97 Å². The zero-order valence-electron chi connectivity index (χ0n) is 8.32. The lowest BCUT2D eigenvalue weighted by Gasteiger charge is -2.24. The van der Waals surface area contributed by atoms with Crippen LogP contribution in [0.4, 0.5) is 0 Å². The second kappa shape index (κ2) is 5.55. The van der Waals surface area contributed by atoms with Gasteiger partial charge in [-0.15, -0.1) is 0 Å². The van der Waals surface area contributed by atoms with Crippen molar-refractivity contribution in [2.45, 2.75) is 26.3 Å². The lowest BCUT2D eigenvalue weighted by Crippen LogP contribution is -2.40. The van der Waals surface area contributed by atoms with E-state index in [0.29, 0.717) is 13.0 Å². The molecular weight excluding hydrogens is 168 g/mol. The maximum Gasteiger partial charge on any atom is 0.320 e. The second-order valence-corrected chi connectivity index (χ2v) is 3.23. The number of nitrogens with zero attached hydrogens (tertiary/aromatic N) is 2. The molecule has 2 unspecified atom stereocenters. The summed E-state index contributed by atoms with van der Waals surface area (Å²) in [4.78, 5) is 12.4. The fourth-order valence-corrected chi connectivity index (χ4v) is 1.27. The third-order valence-corrected chi connectivity index (χ3v) is 1.99. The van der Waals surface area contributed by atoms with Crippen molar-refractivity contribution >= 4 is 5.97 Å². The van der Waals surface area contributed by atoms with Crippen LogP contribution in [0.1, 0.15) is 20.3 Å². The molecule has 0 heterocycles. The standard InChI is InChI=1S/C9H16N2O2/c1-4-8(9(12)13)11(3)6-7(2)5-10/h7-8H,4,6H2,1-3H3,(H,12,13). The van der Waals surface area contributed by atoms with Crippen LogP contribution in [0.2, 0.25) is 0 Å². The molecule has 0 saturated carbocycles. The molecule has 4 nitrogen and oxygen atoms in total. The van der Waals surface area contributed by atoms with Gasteiger partial charge in [0, 0.05) is 6.54 Å². The Balaban J connectivity index is 4.15. The average Bonchev–Trinajstić information content (AvgIpc) is 2.04. The third-order valence-electron chi connectivity index (χ3n) is 1.99. The summed E-state index contributed by atoms with van der Waals surface area (Å²) in [6.45, 7) is 4.11. The summed E-state index contributed by atoms with van der Waals surface area (Å²) >= 11 is 0. The molecular formula is C9H16N2O2. The number of hydrogen-bond acceptors (Lipinski definition) is 3. The van der Waals surface area contributed by atoms with Crippen LogP contribution in [0.3, 0.4) is 0 Å². The van der Waals surface area contributed by atoms with Crippen LogP contribution in [0.25, 0.3) is 0 Å². The molecule has 0 aliphatic rings. The molecule has 0 aromatic carbocycles. The minimum atomic E-state index is -0.824.